The van der Waals surface area contributed by atoms with Crippen molar-refractivity contribution in [2.45, 2.75) is 61.9 Å². The highest BCUT2D eigenvalue weighted by Gasteiger charge is 2.47. The van der Waals surface area contributed by atoms with E-state index in [0.717, 1.165) is 6.54 Å². The standard InChI is InChI=1S/C32H12BF24.C20H17N2/c34-25(35,36)13-1-14(26(37,38)39)6-21(5-13)33(22-7-15(27(40,41)42)2-16(8-22)28(43,44)45,23-9-17(29(46,47)48)3-18(10-23)30(49,50)51)24-11-19(31(52,53)54)4-20(12-24)32(55,56)57;1-2-6-16(7-3-1)15-22-13-12-21-14-20(22)19-11-10-17-8-4-5-9-18(17)19/h1-12H;1-14,19H,15H2/q-1;+1. The maximum absolute atomic E-state index is 14.2. The highest BCUT2D eigenvalue weighted by Crippen LogP contribution is 2.42. The summed E-state index contributed by atoms with van der Waals surface area (Å²) < 4.78 is 343. The summed E-state index contributed by atoms with van der Waals surface area (Å²) in [7, 11) is 0. The Morgan fingerprint density at radius 2 is 0.684 bits per heavy atom. The molecule has 1 heterocycles. The zero-order chi connectivity index (χ0) is 58.7. The number of alkyl halides is 24. The van der Waals surface area contributed by atoms with Crippen molar-refractivity contribution < 1.29 is 110 Å². The average Bonchev–Trinajstić information content (AvgIpc) is 3.82. The van der Waals surface area contributed by atoms with E-state index in [2.05, 4.69) is 82.5 Å². The highest BCUT2D eigenvalue weighted by molar-refractivity contribution is 7.20. The van der Waals surface area contributed by atoms with Crippen LogP contribution in [0.5, 0.6) is 0 Å². The Kier molecular flexibility index (Phi) is 15.5. The second kappa shape index (κ2) is 20.6. The predicted octanol–water partition coefficient (Wildman–Crippen LogP) is 14.8. The van der Waals surface area contributed by atoms with E-state index in [4.69, 9.17) is 0 Å². The van der Waals surface area contributed by atoms with E-state index in [9.17, 15) is 105 Å². The normalized spacial score (nSPS) is 14.7. The van der Waals surface area contributed by atoms with E-state index in [0.29, 0.717) is 0 Å². The van der Waals surface area contributed by atoms with E-state index in [1.165, 1.54) is 22.4 Å². The zero-order valence-electron chi connectivity index (χ0n) is 38.8. The quantitative estimate of drug-likeness (QED) is 0.0883. The number of hydrogen-bond acceptors (Lipinski definition) is 1. The molecule has 418 valence electrons. The third kappa shape index (κ3) is 13.0. The van der Waals surface area contributed by atoms with E-state index >= 15 is 0 Å². The first-order valence-electron chi connectivity index (χ1n) is 22.2. The molecule has 8 rings (SSSR count). The van der Waals surface area contributed by atoms with Crippen LogP contribution in [-0.2, 0) is 56.0 Å². The maximum atomic E-state index is 14.2. The Hall–Kier alpha value is -7.48. The first-order chi connectivity index (χ1) is 36.2. The number of benzene rings is 6. The minimum absolute atomic E-state index is 0.286. The molecule has 0 bridgehead atoms. The largest absolute Gasteiger partial charge is 0.416 e. The van der Waals surface area contributed by atoms with Gasteiger partial charge in [-0.3, -0.25) is 4.98 Å². The molecule has 0 spiro atoms. The fourth-order valence-electron chi connectivity index (χ4n) is 9.16. The molecule has 7 aromatic rings. The van der Waals surface area contributed by atoms with Crippen LogP contribution in [0.15, 0.2) is 152 Å². The predicted molar refractivity (Wildman–Crippen MR) is 237 cm³/mol. The summed E-state index contributed by atoms with van der Waals surface area (Å²) in [4.78, 5) is 4.35. The lowest BCUT2D eigenvalue weighted by Crippen LogP contribution is -2.75. The van der Waals surface area contributed by atoms with E-state index in [1.54, 1.807) is 0 Å². The van der Waals surface area contributed by atoms with Crippen molar-refractivity contribution in [2.24, 2.45) is 0 Å². The Labute approximate surface area is 429 Å². The number of fused-ring (bicyclic) bond motifs is 1. The molecule has 0 saturated heterocycles. The fourth-order valence-corrected chi connectivity index (χ4v) is 9.16. The molecule has 1 atom stereocenters. The van der Waals surface area contributed by atoms with Gasteiger partial charge >= 0.3 is 49.4 Å². The molecular formula is C52H29BF24N2. The molecule has 79 heavy (non-hydrogen) atoms. The van der Waals surface area contributed by atoms with Gasteiger partial charge in [0.15, 0.2) is 12.7 Å². The Balaban J connectivity index is 0.000000336. The summed E-state index contributed by atoms with van der Waals surface area (Å²) in [5, 5.41) is 0. The molecule has 0 saturated carbocycles. The summed E-state index contributed by atoms with van der Waals surface area (Å²) in [6.07, 6.45) is -44.4. The van der Waals surface area contributed by atoms with Gasteiger partial charge in [0.05, 0.1) is 62.8 Å². The van der Waals surface area contributed by atoms with Crippen molar-refractivity contribution in [1.82, 2.24) is 4.98 Å². The molecule has 27 heteroatoms. The number of allylic oxidation sites excluding steroid dienone is 1. The third-order valence-corrected chi connectivity index (χ3v) is 12.6. The molecule has 0 aliphatic heterocycles. The van der Waals surface area contributed by atoms with Crippen molar-refractivity contribution in [3.63, 3.8) is 0 Å². The molecule has 0 fully saturated rings. The number of aromatic nitrogens is 2. The molecule has 0 radical (unpaired) electrons. The highest BCUT2D eigenvalue weighted by atomic mass is 19.4. The monoisotopic (exact) mass is 1150 g/mol. The lowest BCUT2D eigenvalue weighted by molar-refractivity contribution is -0.696. The van der Waals surface area contributed by atoms with Gasteiger partial charge in [-0.2, -0.15) is 132 Å². The van der Waals surface area contributed by atoms with Crippen LogP contribution < -0.4 is 26.4 Å². The van der Waals surface area contributed by atoms with Crippen LogP contribution in [0.1, 0.15) is 72.8 Å². The second-order valence-electron chi connectivity index (χ2n) is 17.8. The summed E-state index contributed by atoms with van der Waals surface area (Å²) in [5.41, 5.74) is -25.0. The van der Waals surface area contributed by atoms with Crippen LogP contribution in [0.4, 0.5) is 105 Å². The van der Waals surface area contributed by atoms with Gasteiger partial charge in [0, 0.05) is 5.56 Å². The lowest BCUT2D eigenvalue weighted by Gasteiger charge is -2.46. The van der Waals surface area contributed by atoms with Crippen molar-refractivity contribution in [3.05, 3.63) is 219 Å². The van der Waals surface area contributed by atoms with Gasteiger partial charge in [0.1, 0.15) is 6.15 Å². The molecule has 6 aromatic carbocycles. The maximum Gasteiger partial charge on any atom is 0.416 e. The minimum atomic E-state index is -6.13. The molecular weight excluding hydrogens is 1120 g/mol. The third-order valence-electron chi connectivity index (χ3n) is 12.6. The number of hydrogen-bond donors (Lipinski definition) is 0. The van der Waals surface area contributed by atoms with Crippen molar-refractivity contribution >= 4 is 34.1 Å². The number of nitrogens with zero attached hydrogens (tertiary/aromatic N) is 2. The van der Waals surface area contributed by atoms with E-state index in [1.807, 2.05) is 12.4 Å². The molecule has 1 aromatic heterocycles. The first kappa shape index (κ1) is 59.2. The molecule has 1 unspecified atom stereocenters. The Morgan fingerprint density at radius 3 is 1.00 bits per heavy atom. The van der Waals surface area contributed by atoms with Gasteiger partial charge in [0.2, 0.25) is 5.69 Å². The Morgan fingerprint density at radius 1 is 0.380 bits per heavy atom. The van der Waals surface area contributed by atoms with Gasteiger partial charge in [-0.1, -0.05) is 115 Å². The van der Waals surface area contributed by atoms with Crippen LogP contribution in [-0.4, -0.2) is 11.1 Å². The van der Waals surface area contributed by atoms with Gasteiger partial charge in [-0.25, -0.2) is 0 Å². The van der Waals surface area contributed by atoms with Crippen LogP contribution in [0, 0.1) is 0 Å². The van der Waals surface area contributed by atoms with Crippen molar-refractivity contribution in [2.75, 3.05) is 0 Å². The van der Waals surface area contributed by atoms with Gasteiger partial charge in [0.25, 0.3) is 0 Å². The van der Waals surface area contributed by atoms with Gasteiger partial charge in [-0.05, 0) is 35.4 Å². The van der Waals surface area contributed by atoms with Gasteiger partial charge < -0.3 is 0 Å². The van der Waals surface area contributed by atoms with E-state index in [-0.39, 0.29) is 5.92 Å². The minimum Gasteiger partial charge on any atom is -0.252 e. The Bertz CT molecular complexity index is 2940. The summed E-state index contributed by atoms with van der Waals surface area (Å²) in [6, 6.07) is 10.3. The number of rotatable bonds is 7. The van der Waals surface area contributed by atoms with Crippen molar-refractivity contribution in [1.29, 1.82) is 0 Å². The molecule has 1 aliphatic carbocycles. The smallest absolute Gasteiger partial charge is 0.252 e. The average molecular weight is 1150 g/mol. The summed E-state index contributed by atoms with van der Waals surface area (Å²) in [6.45, 7) is 0.866. The fraction of sp³-hybridized carbons (Fsp3) is 0.192. The van der Waals surface area contributed by atoms with Crippen LogP contribution in [0.3, 0.4) is 0 Å². The number of halogens is 24. The van der Waals surface area contributed by atoms with Crippen molar-refractivity contribution in [3.8, 4) is 0 Å². The summed E-state index contributed by atoms with van der Waals surface area (Å²) in [5.74, 6) is 0.286. The molecule has 0 N–H and O–H groups in total. The van der Waals surface area contributed by atoms with Crippen LogP contribution in [0.2, 0.25) is 0 Å². The molecule has 0 amide bonds. The zero-order valence-corrected chi connectivity index (χ0v) is 38.8. The lowest BCUT2D eigenvalue weighted by atomic mass is 9.12. The SMILES string of the molecule is C1=CC(c2cncc[n+]2Cc2ccccc2)c2ccccc21.FC(F)(F)c1cc([B-](c2cc(C(F)(F)F)cc(C(F)(F)F)c2)(c2cc(C(F)(F)F)cc(C(F)(F)F)c2)c2cc(C(F)(F)F)cc(C(F)(F)F)c2)cc(C(F)(F)F)c1. The molecule has 2 nitrogen and oxygen atoms in total. The van der Waals surface area contributed by atoms with Crippen LogP contribution >= 0.6 is 0 Å². The van der Waals surface area contributed by atoms with Gasteiger partial charge in [-0.15, -0.1) is 0 Å². The van der Waals surface area contributed by atoms with Crippen LogP contribution in [0.25, 0.3) is 6.08 Å². The van der Waals surface area contributed by atoms with E-state index < -0.39 is 195 Å². The molecule has 1 aliphatic rings. The second-order valence-corrected chi connectivity index (χ2v) is 17.8. The summed E-state index contributed by atoms with van der Waals surface area (Å²) >= 11 is 0. The topological polar surface area (TPSA) is 16.8 Å². The first-order valence-corrected chi connectivity index (χ1v) is 22.2.